The maximum Gasteiger partial charge on any atom is 0.391 e. The van der Waals surface area contributed by atoms with E-state index in [4.69, 9.17) is 11.5 Å². The molecular weight excluding hydrogens is 371 g/mol. The number of amides is 1. The van der Waals surface area contributed by atoms with E-state index in [1.165, 1.54) is 6.42 Å². The average molecular weight is 397 g/mol. The largest absolute Gasteiger partial charge is 0.396 e. The van der Waals surface area contributed by atoms with Crippen LogP contribution < -0.4 is 21.7 Å². The lowest BCUT2D eigenvalue weighted by Crippen LogP contribution is -2.35. The summed E-state index contributed by atoms with van der Waals surface area (Å²) in [6.45, 7) is 2.09. The SMILES string of the molecule is Nc1cc(C(=O)NCC2CCC(C(F)(F)F)CC2)c(N2CC3CC3C2)nc1N. The van der Waals surface area contributed by atoms with Gasteiger partial charge in [0.1, 0.15) is 11.6 Å². The summed E-state index contributed by atoms with van der Waals surface area (Å²) in [4.78, 5) is 19.2. The van der Waals surface area contributed by atoms with E-state index in [1.54, 1.807) is 6.07 Å². The Morgan fingerprint density at radius 3 is 2.43 bits per heavy atom. The van der Waals surface area contributed by atoms with Gasteiger partial charge in [-0.2, -0.15) is 13.2 Å². The third-order valence-electron chi connectivity index (χ3n) is 6.45. The Labute approximate surface area is 161 Å². The van der Waals surface area contributed by atoms with Gasteiger partial charge in [0.2, 0.25) is 0 Å². The fourth-order valence-electron chi connectivity index (χ4n) is 4.54. The number of alkyl halides is 3. The van der Waals surface area contributed by atoms with E-state index >= 15 is 0 Å². The lowest BCUT2D eigenvalue weighted by Gasteiger charge is -2.30. The molecule has 1 aromatic heterocycles. The molecule has 0 aromatic carbocycles. The Bertz CT molecular complexity index is 751. The Morgan fingerprint density at radius 1 is 1.18 bits per heavy atom. The number of carbonyl (C=O) groups excluding carboxylic acids is 1. The molecule has 0 radical (unpaired) electrons. The van der Waals surface area contributed by atoms with Crippen molar-refractivity contribution in [2.75, 3.05) is 36.0 Å². The zero-order valence-corrected chi connectivity index (χ0v) is 15.6. The van der Waals surface area contributed by atoms with Gasteiger partial charge < -0.3 is 21.7 Å². The van der Waals surface area contributed by atoms with E-state index in [1.807, 2.05) is 0 Å². The molecule has 5 N–H and O–H groups in total. The average Bonchev–Trinajstić information content (AvgIpc) is 3.26. The number of fused-ring (bicyclic) bond motifs is 1. The Morgan fingerprint density at radius 2 is 1.82 bits per heavy atom. The lowest BCUT2D eigenvalue weighted by molar-refractivity contribution is -0.183. The summed E-state index contributed by atoms with van der Waals surface area (Å²) in [5.41, 5.74) is 12.4. The first-order chi connectivity index (χ1) is 13.2. The highest BCUT2D eigenvalue weighted by Gasteiger charge is 2.46. The number of pyridine rings is 1. The molecule has 6 nitrogen and oxygen atoms in total. The number of hydrogen-bond donors (Lipinski definition) is 3. The van der Waals surface area contributed by atoms with Crippen LogP contribution in [0.1, 0.15) is 42.5 Å². The van der Waals surface area contributed by atoms with Gasteiger partial charge in [-0.25, -0.2) is 4.98 Å². The van der Waals surface area contributed by atoms with Crippen molar-refractivity contribution in [2.45, 2.75) is 38.3 Å². The molecule has 1 aromatic rings. The van der Waals surface area contributed by atoms with E-state index in [0.717, 1.165) is 13.1 Å². The minimum Gasteiger partial charge on any atom is -0.396 e. The van der Waals surface area contributed by atoms with Crippen molar-refractivity contribution in [1.29, 1.82) is 0 Å². The number of anilines is 3. The maximum absolute atomic E-state index is 12.8. The fourth-order valence-corrected chi connectivity index (χ4v) is 4.54. The van der Waals surface area contributed by atoms with Crippen LogP contribution in [0.3, 0.4) is 0 Å². The smallest absolute Gasteiger partial charge is 0.391 e. The van der Waals surface area contributed by atoms with Crippen molar-refractivity contribution in [3.8, 4) is 0 Å². The summed E-state index contributed by atoms with van der Waals surface area (Å²) >= 11 is 0. The number of nitrogens with zero attached hydrogens (tertiary/aromatic N) is 2. The second-order valence-electron chi connectivity index (χ2n) is 8.46. The zero-order chi connectivity index (χ0) is 20.1. The van der Waals surface area contributed by atoms with Crippen molar-refractivity contribution in [3.05, 3.63) is 11.6 Å². The number of nitrogens with two attached hydrogens (primary N) is 2. The zero-order valence-electron chi connectivity index (χ0n) is 15.6. The maximum atomic E-state index is 12.8. The summed E-state index contributed by atoms with van der Waals surface area (Å²) in [7, 11) is 0. The van der Waals surface area contributed by atoms with Crippen LogP contribution in [0.25, 0.3) is 0 Å². The Kier molecular flexibility index (Phi) is 4.79. The van der Waals surface area contributed by atoms with Crippen LogP contribution in [0.2, 0.25) is 0 Å². The van der Waals surface area contributed by atoms with Gasteiger partial charge in [0.05, 0.1) is 17.2 Å². The van der Waals surface area contributed by atoms with Gasteiger partial charge >= 0.3 is 6.18 Å². The third-order valence-corrected chi connectivity index (χ3v) is 6.45. The molecule has 1 saturated heterocycles. The van der Waals surface area contributed by atoms with Crippen LogP contribution in [0.15, 0.2) is 6.07 Å². The summed E-state index contributed by atoms with van der Waals surface area (Å²) in [5.74, 6) is 0.640. The highest BCUT2D eigenvalue weighted by atomic mass is 19.4. The van der Waals surface area contributed by atoms with E-state index in [2.05, 4.69) is 15.2 Å². The molecule has 9 heteroatoms. The number of halogens is 3. The molecule has 2 aliphatic carbocycles. The van der Waals surface area contributed by atoms with Crippen molar-refractivity contribution >= 4 is 23.2 Å². The first kappa shape index (κ1) is 19.1. The van der Waals surface area contributed by atoms with Gasteiger partial charge in [-0.05, 0) is 55.9 Å². The van der Waals surface area contributed by atoms with Crippen LogP contribution in [0, 0.1) is 23.7 Å². The van der Waals surface area contributed by atoms with E-state index in [-0.39, 0.29) is 36.2 Å². The molecule has 2 heterocycles. The molecule has 3 aliphatic rings. The number of nitrogen functional groups attached to an aromatic ring is 2. The number of aromatic nitrogens is 1. The highest BCUT2D eigenvalue weighted by molar-refractivity contribution is 6.00. The number of piperidine rings is 1. The second-order valence-corrected chi connectivity index (χ2v) is 8.46. The van der Waals surface area contributed by atoms with Crippen molar-refractivity contribution in [1.82, 2.24) is 10.3 Å². The molecule has 154 valence electrons. The molecule has 2 saturated carbocycles. The molecule has 0 bridgehead atoms. The van der Waals surface area contributed by atoms with Crippen LogP contribution in [0.4, 0.5) is 30.5 Å². The van der Waals surface area contributed by atoms with Gasteiger partial charge in [0, 0.05) is 19.6 Å². The predicted octanol–water partition coefficient (Wildman–Crippen LogP) is 2.80. The van der Waals surface area contributed by atoms with Crippen molar-refractivity contribution < 1.29 is 18.0 Å². The lowest BCUT2D eigenvalue weighted by atomic mass is 9.81. The quantitative estimate of drug-likeness (QED) is 0.726. The standard InChI is InChI=1S/C19H26F3N5O/c20-19(21,22)13-3-1-10(2-4-13)7-25-18(28)14-6-15(23)16(24)26-17(14)27-8-11-5-12(11)9-27/h6,10-13H,1-5,7-9,23H2,(H2,24,26)(H,25,28). The third kappa shape index (κ3) is 3.84. The summed E-state index contributed by atoms with van der Waals surface area (Å²) in [6, 6.07) is 1.55. The molecule has 1 aliphatic heterocycles. The summed E-state index contributed by atoms with van der Waals surface area (Å²) in [5, 5.41) is 2.87. The van der Waals surface area contributed by atoms with Gasteiger partial charge in [-0.1, -0.05) is 0 Å². The Balaban J connectivity index is 1.39. The van der Waals surface area contributed by atoms with Gasteiger partial charge in [-0.3, -0.25) is 4.79 Å². The number of rotatable bonds is 4. The van der Waals surface area contributed by atoms with Gasteiger partial charge in [0.25, 0.3) is 5.91 Å². The number of carbonyl (C=O) groups is 1. The molecule has 0 spiro atoms. The topological polar surface area (TPSA) is 97.3 Å². The van der Waals surface area contributed by atoms with Crippen LogP contribution in [-0.2, 0) is 0 Å². The van der Waals surface area contributed by atoms with Crippen LogP contribution in [0.5, 0.6) is 0 Å². The molecular formula is C19H26F3N5O. The van der Waals surface area contributed by atoms with Crippen LogP contribution in [-0.4, -0.2) is 36.7 Å². The highest BCUT2D eigenvalue weighted by Crippen LogP contribution is 2.46. The molecule has 2 unspecified atom stereocenters. The predicted molar refractivity (Wildman–Crippen MR) is 101 cm³/mol. The molecule has 4 rings (SSSR count). The summed E-state index contributed by atoms with van der Waals surface area (Å²) < 4.78 is 38.4. The van der Waals surface area contributed by atoms with E-state index in [0.29, 0.717) is 42.6 Å². The van der Waals surface area contributed by atoms with Crippen molar-refractivity contribution in [2.24, 2.45) is 23.7 Å². The monoisotopic (exact) mass is 397 g/mol. The molecule has 28 heavy (non-hydrogen) atoms. The molecule has 1 amide bonds. The van der Waals surface area contributed by atoms with Crippen LogP contribution >= 0.6 is 0 Å². The number of nitrogens with one attached hydrogen (secondary N) is 1. The van der Waals surface area contributed by atoms with Gasteiger partial charge in [-0.15, -0.1) is 0 Å². The fraction of sp³-hybridized carbons (Fsp3) is 0.684. The minimum atomic E-state index is -4.12. The minimum absolute atomic E-state index is 0.0597. The Hall–Kier alpha value is -2.19. The number of hydrogen-bond acceptors (Lipinski definition) is 5. The van der Waals surface area contributed by atoms with Gasteiger partial charge in [0.15, 0.2) is 0 Å². The second kappa shape index (κ2) is 7.00. The van der Waals surface area contributed by atoms with E-state index < -0.39 is 12.1 Å². The first-order valence-electron chi connectivity index (χ1n) is 9.88. The normalized spacial score (nSPS) is 29.5. The summed E-state index contributed by atoms with van der Waals surface area (Å²) in [6.07, 6.45) is -1.70. The van der Waals surface area contributed by atoms with Crippen molar-refractivity contribution in [3.63, 3.8) is 0 Å². The molecule has 2 atom stereocenters. The molecule has 3 fully saturated rings. The first-order valence-corrected chi connectivity index (χ1v) is 9.88. The van der Waals surface area contributed by atoms with E-state index in [9.17, 15) is 18.0 Å².